The van der Waals surface area contributed by atoms with Crippen LogP contribution in [0.15, 0.2) is 42.5 Å². The number of aromatic nitrogens is 1. The number of amides is 1. The lowest BCUT2D eigenvalue weighted by atomic mass is 10.1. The Morgan fingerprint density at radius 2 is 1.91 bits per heavy atom. The third kappa shape index (κ3) is 2.53. The number of benzene rings is 2. The molecule has 0 aliphatic carbocycles. The molecule has 112 valence electrons. The van der Waals surface area contributed by atoms with Crippen LogP contribution >= 0.6 is 0 Å². The van der Waals surface area contributed by atoms with E-state index in [1.165, 1.54) is 12.1 Å². The van der Waals surface area contributed by atoms with Crippen LogP contribution in [0.1, 0.15) is 16.1 Å². The molecule has 0 aliphatic heterocycles. The average molecular weight is 298 g/mol. The van der Waals surface area contributed by atoms with Gasteiger partial charge in [-0.15, -0.1) is 0 Å². The first kappa shape index (κ1) is 14.1. The van der Waals surface area contributed by atoms with Crippen molar-refractivity contribution < 1.29 is 13.9 Å². The summed E-state index contributed by atoms with van der Waals surface area (Å²) in [5, 5.41) is 3.64. The predicted octanol–water partition coefficient (Wildman–Crippen LogP) is 3.88. The second-order valence-electron chi connectivity index (χ2n) is 5.00. The van der Waals surface area contributed by atoms with Crippen LogP contribution in [0.2, 0.25) is 0 Å². The van der Waals surface area contributed by atoms with Gasteiger partial charge in [0.2, 0.25) is 0 Å². The van der Waals surface area contributed by atoms with Gasteiger partial charge in [0.25, 0.3) is 5.91 Å². The number of aromatic amines is 1. The van der Waals surface area contributed by atoms with Crippen LogP contribution in [0, 0.1) is 12.7 Å². The quantitative estimate of drug-likeness (QED) is 0.771. The first-order valence-corrected chi connectivity index (χ1v) is 6.81. The number of hydrogen-bond donors (Lipinski definition) is 2. The molecule has 2 aromatic carbocycles. The summed E-state index contributed by atoms with van der Waals surface area (Å²) >= 11 is 0. The zero-order chi connectivity index (χ0) is 15.7. The summed E-state index contributed by atoms with van der Waals surface area (Å²) in [4.78, 5) is 15.3. The molecule has 0 saturated heterocycles. The Morgan fingerprint density at radius 1 is 1.18 bits per heavy atom. The maximum Gasteiger partial charge on any atom is 0.272 e. The molecule has 0 fully saturated rings. The highest BCUT2D eigenvalue weighted by molar-refractivity contribution is 6.07. The standard InChI is InChI=1S/C17H15FN2O2/c1-10-14-8-3-11(18)9-15(14)20-16(10)17(21)19-12-4-6-13(22-2)7-5-12/h3-9,20H,1-2H3,(H,19,21). The van der Waals surface area contributed by atoms with Gasteiger partial charge in [-0.2, -0.15) is 0 Å². The molecule has 5 heteroatoms. The second-order valence-corrected chi connectivity index (χ2v) is 5.00. The number of rotatable bonds is 3. The summed E-state index contributed by atoms with van der Waals surface area (Å²) in [6, 6.07) is 11.5. The zero-order valence-electron chi connectivity index (χ0n) is 12.2. The van der Waals surface area contributed by atoms with E-state index in [4.69, 9.17) is 4.74 Å². The van der Waals surface area contributed by atoms with Crippen LogP contribution in [0.4, 0.5) is 10.1 Å². The average Bonchev–Trinajstić information content (AvgIpc) is 2.84. The highest BCUT2D eigenvalue weighted by Gasteiger charge is 2.15. The van der Waals surface area contributed by atoms with E-state index in [1.54, 1.807) is 37.4 Å². The Hall–Kier alpha value is -2.82. The highest BCUT2D eigenvalue weighted by atomic mass is 19.1. The van der Waals surface area contributed by atoms with Crippen molar-refractivity contribution in [1.82, 2.24) is 4.98 Å². The number of aryl methyl sites for hydroxylation is 1. The van der Waals surface area contributed by atoms with E-state index in [2.05, 4.69) is 10.3 Å². The smallest absolute Gasteiger partial charge is 0.272 e. The number of fused-ring (bicyclic) bond motifs is 1. The summed E-state index contributed by atoms with van der Waals surface area (Å²) in [5.74, 6) is 0.116. The van der Waals surface area contributed by atoms with Gasteiger partial charge in [-0.3, -0.25) is 4.79 Å². The van der Waals surface area contributed by atoms with E-state index in [0.29, 0.717) is 16.9 Å². The molecule has 1 heterocycles. The number of anilines is 1. The lowest BCUT2D eigenvalue weighted by Gasteiger charge is -2.06. The van der Waals surface area contributed by atoms with E-state index < -0.39 is 0 Å². The van der Waals surface area contributed by atoms with E-state index in [1.807, 2.05) is 6.92 Å². The van der Waals surface area contributed by atoms with Crippen LogP contribution in [0.5, 0.6) is 5.75 Å². The summed E-state index contributed by atoms with van der Waals surface area (Å²) in [7, 11) is 1.58. The van der Waals surface area contributed by atoms with Gasteiger partial charge in [0.05, 0.1) is 7.11 Å². The molecule has 1 amide bonds. The fourth-order valence-corrected chi connectivity index (χ4v) is 2.40. The molecular weight excluding hydrogens is 283 g/mol. The van der Waals surface area contributed by atoms with Gasteiger partial charge >= 0.3 is 0 Å². The number of hydrogen-bond acceptors (Lipinski definition) is 2. The normalized spacial score (nSPS) is 10.7. The van der Waals surface area contributed by atoms with Crippen molar-refractivity contribution in [2.75, 3.05) is 12.4 Å². The van der Waals surface area contributed by atoms with Crippen molar-refractivity contribution in [2.24, 2.45) is 0 Å². The lowest BCUT2D eigenvalue weighted by molar-refractivity contribution is 0.102. The lowest BCUT2D eigenvalue weighted by Crippen LogP contribution is -2.13. The van der Waals surface area contributed by atoms with Crippen LogP contribution in [0.3, 0.4) is 0 Å². The van der Waals surface area contributed by atoms with Gasteiger partial charge in [0, 0.05) is 16.6 Å². The number of nitrogens with one attached hydrogen (secondary N) is 2. The minimum absolute atomic E-state index is 0.265. The molecule has 2 N–H and O–H groups in total. The van der Waals surface area contributed by atoms with Crippen molar-refractivity contribution in [3.63, 3.8) is 0 Å². The van der Waals surface area contributed by atoms with Crippen molar-refractivity contribution in [1.29, 1.82) is 0 Å². The second kappa shape index (κ2) is 5.52. The Balaban J connectivity index is 1.89. The van der Waals surface area contributed by atoms with E-state index in [9.17, 15) is 9.18 Å². The Labute approximate surface area is 126 Å². The largest absolute Gasteiger partial charge is 0.497 e. The number of ether oxygens (including phenoxy) is 1. The Bertz CT molecular complexity index is 838. The fourth-order valence-electron chi connectivity index (χ4n) is 2.40. The summed E-state index contributed by atoms with van der Waals surface area (Å²) in [6.45, 7) is 1.83. The Kier molecular flexibility index (Phi) is 3.55. The maximum absolute atomic E-state index is 13.3. The van der Waals surface area contributed by atoms with Crippen LogP contribution < -0.4 is 10.1 Å². The summed E-state index contributed by atoms with van der Waals surface area (Å²) in [6.07, 6.45) is 0. The number of halogens is 1. The van der Waals surface area contributed by atoms with Gasteiger partial charge in [0.1, 0.15) is 17.3 Å². The SMILES string of the molecule is COc1ccc(NC(=O)c2[nH]c3cc(F)ccc3c2C)cc1. The number of carbonyl (C=O) groups is 1. The predicted molar refractivity (Wildman–Crippen MR) is 83.9 cm³/mol. The van der Waals surface area contributed by atoms with Gasteiger partial charge in [0.15, 0.2) is 0 Å². The molecule has 0 unspecified atom stereocenters. The molecule has 22 heavy (non-hydrogen) atoms. The van der Waals surface area contributed by atoms with Crippen LogP contribution in [-0.2, 0) is 0 Å². The molecule has 0 bridgehead atoms. The zero-order valence-corrected chi connectivity index (χ0v) is 12.2. The summed E-state index contributed by atoms with van der Waals surface area (Å²) < 4.78 is 18.3. The Morgan fingerprint density at radius 3 is 2.59 bits per heavy atom. The molecule has 0 radical (unpaired) electrons. The first-order chi connectivity index (χ1) is 10.6. The van der Waals surface area contributed by atoms with Gasteiger partial charge < -0.3 is 15.0 Å². The molecule has 1 aromatic heterocycles. The van der Waals surface area contributed by atoms with E-state index >= 15 is 0 Å². The highest BCUT2D eigenvalue weighted by Crippen LogP contribution is 2.23. The maximum atomic E-state index is 13.3. The molecular formula is C17H15FN2O2. The van der Waals surface area contributed by atoms with Crippen molar-refractivity contribution in [3.8, 4) is 5.75 Å². The first-order valence-electron chi connectivity index (χ1n) is 6.81. The molecule has 0 spiro atoms. The minimum atomic E-state index is -0.337. The van der Waals surface area contributed by atoms with Crippen molar-refractivity contribution >= 4 is 22.5 Å². The monoisotopic (exact) mass is 298 g/mol. The van der Waals surface area contributed by atoms with Gasteiger partial charge in [-0.1, -0.05) is 0 Å². The van der Waals surface area contributed by atoms with Gasteiger partial charge in [-0.05, 0) is 55.0 Å². The topological polar surface area (TPSA) is 54.1 Å². The molecule has 0 atom stereocenters. The molecule has 3 aromatic rings. The molecule has 0 aliphatic rings. The van der Waals surface area contributed by atoms with Crippen LogP contribution in [0.25, 0.3) is 10.9 Å². The number of methoxy groups -OCH3 is 1. The number of carbonyl (C=O) groups excluding carboxylic acids is 1. The molecule has 3 rings (SSSR count). The van der Waals surface area contributed by atoms with E-state index in [0.717, 1.165) is 16.7 Å². The van der Waals surface area contributed by atoms with Crippen molar-refractivity contribution in [2.45, 2.75) is 6.92 Å². The summed E-state index contributed by atoms with van der Waals surface area (Å²) in [5.41, 5.74) is 2.49. The van der Waals surface area contributed by atoms with Gasteiger partial charge in [-0.25, -0.2) is 4.39 Å². The van der Waals surface area contributed by atoms with Crippen molar-refractivity contribution in [3.05, 3.63) is 59.5 Å². The minimum Gasteiger partial charge on any atom is -0.497 e. The third-order valence-electron chi connectivity index (χ3n) is 3.60. The van der Waals surface area contributed by atoms with Crippen LogP contribution in [-0.4, -0.2) is 18.0 Å². The molecule has 0 saturated carbocycles. The number of H-pyrrole nitrogens is 1. The third-order valence-corrected chi connectivity index (χ3v) is 3.60. The fraction of sp³-hybridized carbons (Fsp3) is 0.118. The van der Waals surface area contributed by atoms with E-state index in [-0.39, 0.29) is 11.7 Å². The molecule has 4 nitrogen and oxygen atoms in total.